The Kier molecular flexibility index (Phi) is 3.74. The highest BCUT2D eigenvalue weighted by atomic mass is 16.5. The van der Waals surface area contributed by atoms with Gasteiger partial charge in [0.15, 0.2) is 11.9 Å². The summed E-state index contributed by atoms with van der Waals surface area (Å²) >= 11 is 0. The van der Waals surface area contributed by atoms with Gasteiger partial charge in [0, 0.05) is 28.6 Å². The summed E-state index contributed by atoms with van der Waals surface area (Å²) in [4.78, 5) is 12.0. The molecule has 146 valence electrons. The number of aromatic hydroxyl groups is 1. The van der Waals surface area contributed by atoms with Crippen LogP contribution >= 0.6 is 0 Å². The fourth-order valence-electron chi connectivity index (χ4n) is 3.77. The van der Waals surface area contributed by atoms with E-state index in [4.69, 9.17) is 9.15 Å². The summed E-state index contributed by atoms with van der Waals surface area (Å²) in [6.45, 7) is 5.56. The summed E-state index contributed by atoms with van der Waals surface area (Å²) < 4.78 is 11.9. The first kappa shape index (κ1) is 17.5. The molecule has 0 spiro atoms. The number of rotatable bonds is 1. The third kappa shape index (κ3) is 2.77. The number of ether oxygens (including phenoxy) is 1. The third-order valence-corrected chi connectivity index (χ3v) is 5.29. The minimum Gasteiger partial charge on any atom is -0.508 e. The first-order valence-electron chi connectivity index (χ1n) is 9.39. The van der Waals surface area contributed by atoms with Gasteiger partial charge < -0.3 is 19.6 Å². The van der Waals surface area contributed by atoms with E-state index in [9.17, 15) is 9.90 Å². The number of amides is 1. The molecule has 2 aromatic carbocycles. The highest BCUT2D eigenvalue weighted by Gasteiger charge is 2.28. The Morgan fingerprint density at radius 2 is 2.00 bits per heavy atom. The van der Waals surface area contributed by atoms with Crippen LogP contribution in [0.15, 0.2) is 45.0 Å². The van der Waals surface area contributed by atoms with Gasteiger partial charge in [0.05, 0.1) is 5.69 Å². The van der Waals surface area contributed by atoms with Crippen molar-refractivity contribution in [3.8, 4) is 11.5 Å². The maximum absolute atomic E-state index is 12.0. The fourth-order valence-corrected chi connectivity index (χ4v) is 3.77. The van der Waals surface area contributed by atoms with Gasteiger partial charge in [-0.1, -0.05) is 0 Å². The van der Waals surface area contributed by atoms with Gasteiger partial charge in [0.1, 0.15) is 22.8 Å². The molecule has 2 N–H and O–H groups in total. The van der Waals surface area contributed by atoms with Crippen molar-refractivity contribution >= 4 is 34.0 Å². The molecule has 1 amide bonds. The number of phenolic OH excluding ortho intramolecular Hbond substituents is 1. The predicted molar refractivity (Wildman–Crippen MR) is 110 cm³/mol. The van der Waals surface area contributed by atoms with E-state index in [2.05, 4.69) is 15.5 Å². The number of aryl methyl sites for hydroxylation is 1. The molecule has 7 heteroatoms. The number of benzene rings is 2. The van der Waals surface area contributed by atoms with Gasteiger partial charge in [-0.05, 0) is 56.7 Å². The zero-order valence-corrected chi connectivity index (χ0v) is 16.2. The number of anilines is 1. The van der Waals surface area contributed by atoms with Crippen LogP contribution in [0.25, 0.3) is 11.0 Å². The largest absolute Gasteiger partial charge is 0.508 e. The van der Waals surface area contributed by atoms with Crippen molar-refractivity contribution in [2.45, 2.75) is 33.3 Å². The van der Waals surface area contributed by atoms with E-state index >= 15 is 0 Å². The van der Waals surface area contributed by atoms with E-state index in [0.29, 0.717) is 34.9 Å². The van der Waals surface area contributed by atoms with Crippen molar-refractivity contribution in [3.05, 3.63) is 52.8 Å². The van der Waals surface area contributed by atoms with Gasteiger partial charge in [-0.15, -0.1) is 5.10 Å². The number of hydrogen-bond acceptors (Lipinski definition) is 6. The predicted octanol–water partition coefficient (Wildman–Crippen LogP) is 3.94. The molecule has 2 aliphatic heterocycles. The van der Waals surface area contributed by atoms with Crippen molar-refractivity contribution in [2.75, 3.05) is 5.32 Å². The lowest BCUT2D eigenvalue weighted by Crippen LogP contribution is -2.34. The van der Waals surface area contributed by atoms with Gasteiger partial charge in [0.25, 0.3) is 5.91 Å². The van der Waals surface area contributed by atoms with E-state index in [1.165, 1.54) is 0 Å². The van der Waals surface area contributed by atoms with Crippen LogP contribution in [-0.2, 0) is 11.2 Å². The van der Waals surface area contributed by atoms with Crippen molar-refractivity contribution in [3.63, 3.8) is 0 Å². The number of fused-ring (bicyclic) bond motifs is 3. The smallest absolute Gasteiger partial charge is 0.265 e. The monoisotopic (exact) mass is 389 g/mol. The summed E-state index contributed by atoms with van der Waals surface area (Å²) in [7, 11) is 0. The van der Waals surface area contributed by atoms with Crippen molar-refractivity contribution < 1.29 is 19.1 Å². The Bertz CT molecular complexity index is 1250. The Balaban J connectivity index is 1.72. The minimum absolute atomic E-state index is 0.168. The van der Waals surface area contributed by atoms with Gasteiger partial charge >= 0.3 is 0 Å². The average molecular weight is 389 g/mol. The molecule has 3 aromatic rings. The number of carbonyl (C=O) groups excluding carboxylic acids is 1. The maximum Gasteiger partial charge on any atom is 0.265 e. The molecule has 0 fully saturated rings. The van der Waals surface area contributed by atoms with Crippen LogP contribution in [0, 0.1) is 6.92 Å². The Labute approximate surface area is 166 Å². The van der Waals surface area contributed by atoms with Crippen LogP contribution in [0.4, 0.5) is 5.69 Å². The molecule has 2 aliphatic rings. The summed E-state index contributed by atoms with van der Waals surface area (Å²) in [5.74, 6) is 1.20. The van der Waals surface area contributed by atoms with Gasteiger partial charge in [0.2, 0.25) is 0 Å². The minimum atomic E-state index is -0.569. The second kappa shape index (κ2) is 6.20. The number of carbonyl (C=O) groups is 1. The maximum atomic E-state index is 12.0. The summed E-state index contributed by atoms with van der Waals surface area (Å²) in [5, 5.41) is 22.4. The topological polar surface area (TPSA) is 96.4 Å². The third-order valence-electron chi connectivity index (χ3n) is 5.29. The summed E-state index contributed by atoms with van der Waals surface area (Å²) in [6, 6.07) is 8.81. The van der Waals surface area contributed by atoms with Crippen molar-refractivity contribution in [1.82, 2.24) is 0 Å². The Morgan fingerprint density at radius 1 is 1.17 bits per heavy atom. The fraction of sp³-hybridized carbons (Fsp3) is 0.227. The van der Waals surface area contributed by atoms with Crippen LogP contribution in [-0.4, -0.2) is 28.5 Å². The van der Waals surface area contributed by atoms with E-state index in [0.717, 1.165) is 27.8 Å². The zero-order chi connectivity index (χ0) is 20.3. The highest BCUT2D eigenvalue weighted by molar-refractivity contribution is 6.16. The number of nitrogens with zero attached hydrogens (tertiary/aromatic N) is 2. The van der Waals surface area contributed by atoms with Crippen molar-refractivity contribution in [1.29, 1.82) is 0 Å². The molecule has 0 unspecified atom stereocenters. The molecular weight excluding hydrogens is 370 g/mol. The molecule has 29 heavy (non-hydrogen) atoms. The van der Waals surface area contributed by atoms with Crippen molar-refractivity contribution in [2.24, 2.45) is 10.2 Å². The van der Waals surface area contributed by atoms with Crippen LogP contribution in [0.5, 0.6) is 11.5 Å². The molecule has 7 nitrogen and oxygen atoms in total. The molecule has 3 heterocycles. The molecule has 0 bridgehead atoms. The average Bonchev–Trinajstić information content (AvgIpc) is 2.90. The molecule has 0 aliphatic carbocycles. The second-order valence-electron chi connectivity index (χ2n) is 7.45. The first-order chi connectivity index (χ1) is 13.9. The number of hydrogen-bond donors (Lipinski definition) is 2. The van der Waals surface area contributed by atoms with Gasteiger partial charge in [-0.3, -0.25) is 4.79 Å². The molecule has 5 rings (SSSR count). The lowest BCUT2D eigenvalue weighted by atomic mass is 9.95. The second-order valence-corrected chi connectivity index (χ2v) is 7.45. The molecular formula is C22H19N3O4. The van der Waals surface area contributed by atoms with Gasteiger partial charge in [-0.2, -0.15) is 5.10 Å². The number of furan rings is 1. The first-order valence-corrected chi connectivity index (χ1v) is 9.39. The molecule has 1 aromatic heterocycles. The highest BCUT2D eigenvalue weighted by Crippen LogP contribution is 2.37. The van der Waals surface area contributed by atoms with E-state index in [1.807, 2.05) is 26.0 Å². The summed E-state index contributed by atoms with van der Waals surface area (Å²) in [5.41, 5.74) is 5.45. The van der Waals surface area contributed by atoms with E-state index in [-0.39, 0.29) is 11.7 Å². The summed E-state index contributed by atoms with van der Waals surface area (Å²) in [6.07, 6.45) is 0.0294. The normalized spacial score (nSPS) is 18.2. The van der Waals surface area contributed by atoms with Crippen LogP contribution in [0.1, 0.15) is 36.3 Å². The number of nitrogens with one attached hydrogen (secondary N) is 1. The van der Waals surface area contributed by atoms with Crippen LogP contribution < -0.4 is 10.1 Å². The standard InChI is InChI=1S/C22H19N3O4/c1-10-6-13-7-17-19(28-12(3)22(27)23-17)9-16(13)20(25-24-10)21-11(2)15-8-14(26)4-5-18(15)29-21/h4-5,7-9,12,26H,6H2,1-3H3,(H,23,27)/t12-/m0/s1. The lowest BCUT2D eigenvalue weighted by molar-refractivity contribution is -0.122. The van der Waals surface area contributed by atoms with Gasteiger partial charge in [-0.25, -0.2) is 0 Å². The van der Waals surface area contributed by atoms with Crippen LogP contribution in [0.2, 0.25) is 0 Å². The number of phenols is 1. The molecule has 0 saturated heterocycles. The molecule has 0 radical (unpaired) electrons. The SMILES string of the molecule is CC1=NN=C(c2oc3ccc(O)cc3c2C)c2cc3c(cc2C1)NC(=O)[C@H](C)O3. The van der Waals surface area contributed by atoms with E-state index < -0.39 is 6.10 Å². The molecule has 0 saturated carbocycles. The lowest BCUT2D eigenvalue weighted by Gasteiger charge is -2.25. The Hall–Kier alpha value is -3.61. The van der Waals surface area contributed by atoms with E-state index in [1.54, 1.807) is 25.1 Å². The van der Waals surface area contributed by atoms with Crippen LogP contribution in [0.3, 0.4) is 0 Å². The quantitative estimate of drug-likeness (QED) is 0.659. The Morgan fingerprint density at radius 3 is 2.83 bits per heavy atom. The zero-order valence-electron chi connectivity index (χ0n) is 16.2. The molecule has 1 atom stereocenters.